The van der Waals surface area contributed by atoms with Crippen LogP contribution in [0.1, 0.15) is 16.8 Å². The third-order valence-corrected chi connectivity index (χ3v) is 3.60. The zero-order valence-electron chi connectivity index (χ0n) is 12.6. The highest BCUT2D eigenvalue weighted by atomic mass is 32.2. The molecule has 0 saturated heterocycles. The number of phenolic OH excluding ortho intramolecular Hbond substituents is 1. The van der Waals surface area contributed by atoms with Gasteiger partial charge in [-0.15, -0.1) is 0 Å². The Bertz CT molecular complexity index is 523. The van der Waals surface area contributed by atoms with E-state index in [1.165, 1.54) is 38.1 Å². The molecule has 0 aliphatic heterocycles. The monoisotopic (exact) mass is 329 g/mol. The van der Waals surface area contributed by atoms with E-state index in [1.807, 2.05) is 6.26 Å². The maximum Gasteiger partial charge on any atom is 0.326 e. The van der Waals surface area contributed by atoms with Gasteiger partial charge in [0.1, 0.15) is 6.04 Å². The topological polar surface area (TPSA) is 105 Å². The minimum Gasteiger partial charge on any atom is -0.502 e. The number of hydrogen-bond acceptors (Lipinski definition) is 6. The second kappa shape index (κ2) is 8.38. The van der Waals surface area contributed by atoms with Crippen molar-refractivity contribution in [1.29, 1.82) is 0 Å². The van der Waals surface area contributed by atoms with Crippen LogP contribution in [0.4, 0.5) is 0 Å². The van der Waals surface area contributed by atoms with E-state index in [4.69, 9.17) is 14.6 Å². The minimum absolute atomic E-state index is 0.0699. The van der Waals surface area contributed by atoms with E-state index in [0.29, 0.717) is 12.2 Å². The SMILES string of the molecule is COc1cc(C(=O)N[C@@H](CCSC)C(=O)O)cc(OC)c1O. The number of nitrogens with one attached hydrogen (secondary N) is 1. The van der Waals surface area contributed by atoms with Crippen LogP contribution in [0.3, 0.4) is 0 Å². The van der Waals surface area contributed by atoms with Gasteiger partial charge in [-0.1, -0.05) is 0 Å². The molecule has 0 fully saturated rings. The van der Waals surface area contributed by atoms with Crippen LogP contribution < -0.4 is 14.8 Å². The first-order chi connectivity index (χ1) is 10.4. The van der Waals surface area contributed by atoms with Crippen molar-refractivity contribution >= 4 is 23.6 Å². The highest BCUT2D eigenvalue weighted by Crippen LogP contribution is 2.37. The van der Waals surface area contributed by atoms with E-state index >= 15 is 0 Å². The molecular weight excluding hydrogens is 310 g/mol. The molecule has 7 nitrogen and oxygen atoms in total. The molecule has 0 saturated carbocycles. The van der Waals surface area contributed by atoms with Gasteiger partial charge in [0.25, 0.3) is 5.91 Å². The van der Waals surface area contributed by atoms with Crippen molar-refractivity contribution in [2.75, 3.05) is 26.2 Å². The van der Waals surface area contributed by atoms with E-state index in [2.05, 4.69) is 5.32 Å². The van der Waals surface area contributed by atoms with Gasteiger partial charge in [0, 0.05) is 5.56 Å². The molecule has 0 radical (unpaired) electrons. The van der Waals surface area contributed by atoms with Crippen molar-refractivity contribution in [1.82, 2.24) is 5.32 Å². The second-order valence-electron chi connectivity index (χ2n) is 4.38. The summed E-state index contributed by atoms with van der Waals surface area (Å²) in [6.45, 7) is 0. The first-order valence-corrected chi connectivity index (χ1v) is 7.81. The number of carbonyl (C=O) groups excluding carboxylic acids is 1. The van der Waals surface area contributed by atoms with Crippen molar-refractivity contribution in [2.45, 2.75) is 12.5 Å². The summed E-state index contributed by atoms with van der Waals surface area (Å²) in [5.74, 6) is -1.15. The molecule has 0 aliphatic rings. The number of aliphatic carboxylic acids is 1. The van der Waals surface area contributed by atoms with Gasteiger partial charge in [-0.25, -0.2) is 4.79 Å². The molecule has 8 heteroatoms. The molecule has 0 unspecified atom stereocenters. The number of carboxylic acids is 1. The third-order valence-electron chi connectivity index (χ3n) is 2.96. The number of amides is 1. The zero-order chi connectivity index (χ0) is 16.7. The lowest BCUT2D eigenvalue weighted by atomic mass is 10.1. The fourth-order valence-electron chi connectivity index (χ4n) is 1.76. The fraction of sp³-hybridized carbons (Fsp3) is 0.429. The van der Waals surface area contributed by atoms with Crippen LogP contribution >= 0.6 is 11.8 Å². The number of aromatic hydroxyl groups is 1. The molecule has 1 amide bonds. The highest BCUT2D eigenvalue weighted by Gasteiger charge is 2.22. The number of hydrogen-bond donors (Lipinski definition) is 3. The van der Waals surface area contributed by atoms with Gasteiger partial charge in [-0.2, -0.15) is 11.8 Å². The Morgan fingerprint density at radius 3 is 2.23 bits per heavy atom. The van der Waals surface area contributed by atoms with Crippen molar-refractivity contribution in [3.05, 3.63) is 17.7 Å². The smallest absolute Gasteiger partial charge is 0.326 e. The van der Waals surface area contributed by atoms with Gasteiger partial charge < -0.3 is 25.0 Å². The van der Waals surface area contributed by atoms with Crippen molar-refractivity contribution in [3.8, 4) is 17.2 Å². The minimum atomic E-state index is -1.10. The molecule has 0 aliphatic carbocycles. The molecule has 122 valence electrons. The molecular formula is C14H19NO6S. The fourth-order valence-corrected chi connectivity index (χ4v) is 2.23. The molecule has 0 aromatic heterocycles. The maximum absolute atomic E-state index is 12.2. The first kappa shape index (κ1) is 18.0. The summed E-state index contributed by atoms with van der Waals surface area (Å²) in [7, 11) is 2.68. The van der Waals surface area contributed by atoms with Crippen LogP contribution in [0.15, 0.2) is 12.1 Å². The van der Waals surface area contributed by atoms with Gasteiger partial charge in [-0.05, 0) is 30.6 Å². The third kappa shape index (κ3) is 4.45. The van der Waals surface area contributed by atoms with Crippen LogP contribution in [0.25, 0.3) is 0 Å². The standard InChI is InChI=1S/C14H19NO6S/c1-20-10-6-8(7-11(21-2)12(10)16)13(17)15-9(14(18)19)4-5-22-3/h6-7,9,16H,4-5H2,1-3H3,(H,15,17)(H,18,19)/t9-/m0/s1. The van der Waals surface area contributed by atoms with Gasteiger partial charge in [0.2, 0.25) is 5.75 Å². The quantitative estimate of drug-likeness (QED) is 0.661. The van der Waals surface area contributed by atoms with Crippen molar-refractivity contribution < 1.29 is 29.3 Å². The molecule has 3 N–H and O–H groups in total. The summed E-state index contributed by atoms with van der Waals surface area (Å²) in [5, 5.41) is 21.4. The number of carboxylic acid groups (broad SMARTS) is 1. The van der Waals surface area contributed by atoms with Gasteiger partial charge in [0.15, 0.2) is 11.5 Å². The van der Waals surface area contributed by atoms with Crippen LogP contribution in [0, 0.1) is 0 Å². The molecule has 1 atom stereocenters. The Kier molecular flexibility index (Phi) is 6.84. The van der Waals surface area contributed by atoms with Crippen LogP contribution in [0.2, 0.25) is 0 Å². The summed E-state index contributed by atoms with van der Waals surface area (Å²) in [4.78, 5) is 23.4. The summed E-state index contributed by atoms with van der Waals surface area (Å²) in [6, 6.07) is 1.66. The summed E-state index contributed by atoms with van der Waals surface area (Å²) in [5.41, 5.74) is 0.141. The number of ether oxygens (including phenoxy) is 2. The average Bonchev–Trinajstić information content (AvgIpc) is 2.50. The predicted octanol–water partition coefficient (Wildman–Crippen LogP) is 1.35. The number of carbonyl (C=O) groups is 2. The number of benzene rings is 1. The lowest BCUT2D eigenvalue weighted by molar-refractivity contribution is -0.139. The zero-order valence-corrected chi connectivity index (χ0v) is 13.4. The van der Waals surface area contributed by atoms with E-state index in [0.717, 1.165) is 0 Å². The van der Waals surface area contributed by atoms with Gasteiger partial charge in [-0.3, -0.25) is 4.79 Å². The normalized spacial score (nSPS) is 11.6. The Balaban J connectivity index is 2.99. The number of rotatable bonds is 8. The maximum atomic E-state index is 12.2. The lowest BCUT2D eigenvalue weighted by Crippen LogP contribution is -2.41. The predicted molar refractivity (Wildman–Crippen MR) is 83.1 cm³/mol. The molecule has 0 spiro atoms. The number of thioether (sulfide) groups is 1. The molecule has 0 bridgehead atoms. The largest absolute Gasteiger partial charge is 0.502 e. The van der Waals surface area contributed by atoms with E-state index in [9.17, 15) is 14.7 Å². The summed E-state index contributed by atoms with van der Waals surface area (Å²) in [6.07, 6.45) is 2.17. The highest BCUT2D eigenvalue weighted by molar-refractivity contribution is 7.98. The first-order valence-electron chi connectivity index (χ1n) is 6.42. The molecule has 22 heavy (non-hydrogen) atoms. The van der Waals surface area contributed by atoms with E-state index < -0.39 is 17.9 Å². The summed E-state index contributed by atoms with van der Waals surface area (Å²) >= 11 is 1.50. The van der Waals surface area contributed by atoms with Crippen LogP contribution in [-0.4, -0.2) is 54.4 Å². The van der Waals surface area contributed by atoms with Gasteiger partial charge >= 0.3 is 5.97 Å². The average molecular weight is 329 g/mol. The number of phenols is 1. The molecule has 1 aromatic rings. The van der Waals surface area contributed by atoms with Crippen LogP contribution in [-0.2, 0) is 4.79 Å². The molecule has 1 aromatic carbocycles. The molecule has 1 rings (SSSR count). The Hall–Kier alpha value is -2.09. The van der Waals surface area contributed by atoms with E-state index in [1.54, 1.807) is 0 Å². The summed E-state index contributed by atoms with van der Waals surface area (Å²) < 4.78 is 9.93. The lowest BCUT2D eigenvalue weighted by Gasteiger charge is -2.15. The second-order valence-corrected chi connectivity index (χ2v) is 5.36. The van der Waals surface area contributed by atoms with E-state index in [-0.39, 0.29) is 22.8 Å². The molecule has 0 heterocycles. The van der Waals surface area contributed by atoms with Crippen LogP contribution in [0.5, 0.6) is 17.2 Å². The van der Waals surface area contributed by atoms with Gasteiger partial charge in [0.05, 0.1) is 14.2 Å². The Morgan fingerprint density at radius 1 is 1.27 bits per heavy atom. The van der Waals surface area contributed by atoms with Crippen molar-refractivity contribution in [3.63, 3.8) is 0 Å². The van der Waals surface area contributed by atoms with Crippen molar-refractivity contribution in [2.24, 2.45) is 0 Å². The number of methoxy groups -OCH3 is 2. The Morgan fingerprint density at radius 2 is 1.82 bits per heavy atom. The Labute approximate surface area is 132 Å².